The maximum atomic E-state index is 11.8. The first kappa shape index (κ1) is 13.7. The number of amides is 2. The van der Waals surface area contributed by atoms with E-state index in [9.17, 15) is 4.79 Å². The number of nitrogens with one attached hydrogen (secondary N) is 2. The van der Waals surface area contributed by atoms with Crippen LogP contribution in [0, 0.1) is 6.92 Å². The number of carbonyl (C=O) groups is 1. The van der Waals surface area contributed by atoms with Crippen molar-refractivity contribution in [1.29, 1.82) is 0 Å². The van der Waals surface area contributed by atoms with Crippen molar-refractivity contribution in [2.75, 3.05) is 10.6 Å². The van der Waals surface area contributed by atoms with Gasteiger partial charge in [0.05, 0.1) is 15.7 Å². The van der Waals surface area contributed by atoms with Gasteiger partial charge in [0.25, 0.3) is 0 Å². The molecule has 2 N–H and O–H groups in total. The lowest BCUT2D eigenvalue weighted by atomic mass is 10.2. The lowest BCUT2D eigenvalue weighted by molar-refractivity contribution is 0.262. The Morgan fingerprint density at radius 1 is 0.947 bits per heavy atom. The van der Waals surface area contributed by atoms with Crippen molar-refractivity contribution < 1.29 is 4.79 Å². The molecule has 0 unspecified atom stereocenters. The normalized spacial score (nSPS) is 10.1. The van der Waals surface area contributed by atoms with Gasteiger partial charge in [-0.15, -0.1) is 0 Å². The number of hydrogen-bond acceptors (Lipinski definition) is 1. The zero-order chi connectivity index (χ0) is 13.8. The molecule has 0 aliphatic rings. The first-order valence-corrected chi connectivity index (χ1v) is 6.40. The van der Waals surface area contributed by atoms with Crippen LogP contribution in [0.15, 0.2) is 42.5 Å². The summed E-state index contributed by atoms with van der Waals surface area (Å²) in [5.74, 6) is 0. The molecule has 0 aromatic heterocycles. The van der Waals surface area contributed by atoms with Crippen LogP contribution in [-0.2, 0) is 0 Å². The summed E-state index contributed by atoms with van der Waals surface area (Å²) in [7, 11) is 0. The van der Waals surface area contributed by atoms with Crippen molar-refractivity contribution in [3.63, 3.8) is 0 Å². The molecule has 19 heavy (non-hydrogen) atoms. The van der Waals surface area contributed by atoms with E-state index in [1.54, 1.807) is 18.2 Å². The van der Waals surface area contributed by atoms with E-state index in [1.165, 1.54) is 0 Å². The van der Waals surface area contributed by atoms with Gasteiger partial charge in [0.2, 0.25) is 0 Å². The Morgan fingerprint density at radius 2 is 1.53 bits per heavy atom. The number of benzene rings is 2. The highest BCUT2D eigenvalue weighted by Gasteiger charge is 2.09. The second-order valence-electron chi connectivity index (χ2n) is 4.04. The van der Waals surface area contributed by atoms with Crippen molar-refractivity contribution in [1.82, 2.24) is 0 Å². The lowest BCUT2D eigenvalue weighted by Crippen LogP contribution is -2.19. The van der Waals surface area contributed by atoms with Crippen molar-refractivity contribution >= 4 is 40.6 Å². The summed E-state index contributed by atoms with van der Waals surface area (Å²) in [6, 6.07) is 12.1. The highest BCUT2D eigenvalue weighted by molar-refractivity contribution is 6.39. The number of hydrogen-bond donors (Lipinski definition) is 2. The third-order valence-corrected chi connectivity index (χ3v) is 3.14. The molecule has 2 aromatic carbocycles. The molecule has 0 heterocycles. The minimum Gasteiger partial charge on any atom is -0.308 e. The molecule has 3 nitrogen and oxygen atoms in total. The Morgan fingerprint density at radius 3 is 2.11 bits per heavy atom. The molecular formula is C14H12Cl2N2O. The van der Waals surface area contributed by atoms with Crippen LogP contribution in [0.1, 0.15) is 5.56 Å². The second-order valence-corrected chi connectivity index (χ2v) is 4.86. The number of rotatable bonds is 2. The molecular weight excluding hydrogens is 283 g/mol. The van der Waals surface area contributed by atoms with E-state index in [-0.39, 0.29) is 6.03 Å². The Balaban J connectivity index is 2.07. The van der Waals surface area contributed by atoms with Gasteiger partial charge < -0.3 is 10.6 Å². The van der Waals surface area contributed by atoms with Gasteiger partial charge in [-0.1, -0.05) is 47.0 Å². The van der Waals surface area contributed by atoms with E-state index in [0.29, 0.717) is 21.4 Å². The van der Waals surface area contributed by atoms with Gasteiger partial charge in [0.1, 0.15) is 0 Å². The van der Waals surface area contributed by atoms with Gasteiger partial charge in [-0.05, 0) is 31.2 Å². The maximum Gasteiger partial charge on any atom is 0.323 e. The Bertz CT molecular complexity index is 577. The smallest absolute Gasteiger partial charge is 0.308 e. The van der Waals surface area contributed by atoms with Crippen molar-refractivity contribution in [2.24, 2.45) is 0 Å². The fourth-order valence-electron chi connectivity index (χ4n) is 1.53. The molecule has 0 bridgehead atoms. The van der Waals surface area contributed by atoms with Crippen LogP contribution in [0.5, 0.6) is 0 Å². The number of halogens is 2. The van der Waals surface area contributed by atoms with Crippen molar-refractivity contribution in [3.8, 4) is 0 Å². The van der Waals surface area contributed by atoms with Gasteiger partial charge in [-0.25, -0.2) is 4.79 Å². The zero-order valence-electron chi connectivity index (χ0n) is 10.2. The van der Waals surface area contributed by atoms with Crippen LogP contribution in [0.4, 0.5) is 16.2 Å². The molecule has 98 valence electrons. The molecule has 2 rings (SSSR count). The minimum atomic E-state index is -0.390. The van der Waals surface area contributed by atoms with Crippen LogP contribution in [0.25, 0.3) is 0 Å². The highest BCUT2D eigenvalue weighted by Crippen LogP contribution is 2.29. The number of urea groups is 1. The number of aryl methyl sites for hydroxylation is 1. The average molecular weight is 295 g/mol. The Labute approximate surface area is 121 Å². The fraction of sp³-hybridized carbons (Fsp3) is 0.0714. The van der Waals surface area contributed by atoms with Gasteiger partial charge in [-0.3, -0.25) is 0 Å². The SMILES string of the molecule is Cc1ccc(NC(=O)Nc2c(Cl)cccc2Cl)cc1. The topological polar surface area (TPSA) is 41.1 Å². The lowest BCUT2D eigenvalue weighted by Gasteiger charge is -2.10. The average Bonchev–Trinajstić information content (AvgIpc) is 2.37. The molecule has 0 radical (unpaired) electrons. The monoisotopic (exact) mass is 294 g/mol. The summed E-state index contributed by atoms with van der Waals surface area (Å²) in [5, 5.41) is 6.12. The molecule has 0 aliphatic heterocycles. The number of para-hydroxylation sites is 1. The first-order chi connectivity index (χ1) is 9.06. The Hall–Kier alpha value is -1.71. The summed E-state index contributed by atoms with van der Waals surface area (Å²) in [6.07, 6.45) is 0. The van der Waals surface area contributed by atoms with Crippen LogP contribution >= 0.6 is 23.2 Å². The molecule has 2 aromatic rings. The Kier molecular flexibility index (Phi) is 4.30. The number of carbonyl (C=O) groups excluding carboxylic acids is 1. The van der Waals surface area contributed by atoms with Crippen molar-refractivity contribution in [3.05, 3.63) is 58.1 Å². The molecule has 0 aliphatic carbocycles. The van der Waals surface area contributed by atoms with E-state index in [1.807, 2.05) is 31.2 Å². The van der Waals surface area contributed by atoms with E-state index >= 15 is 0 Å². The highest BCUT2D eigenvalue weighted by atomic mass is 35.5. The van der Waals surface area contributed by atoms with Gasteiger partial charge >= 0.3 is 6.03 Å². The third kappa shape index (κ3) is 3.63. The summed E-state index contributed by atoms with van der Waals surface area (Å²) < 4.78 is 0. The summed E-state index contributed by atoms with van der Waals surface area (Å²) in [6.45, 7) is 1.98. The van der Waals surface area contributed by atoms with Crippen molar-refractivity contribution in [2.45, 2.75) is 6.92 Å². The van der Waals surface area contributed by atoms with Crippen LogP contribution in [0.3, 0.4) is 0 Å². The van der Waals surface area contributed by atoms with E-state index in [4.69, 9.17) is 23.2 Å². The number of anilines is 2. The predicted molar refractivity (Wildman–Crippen MR) is 80.3 cm³/mol. The molecule has 5 heteroatoms. The van der Waals surface area contributed by atoms with Gasteiger partial charge in [0.15, 0.2) is 0 Å². The quantitative estimate of drug-likeness (QED) is 0.809. The fourth-order valence-corrected chi connectivity index (χ4v) is 2.02. The van der Waals surface area contributed by atoms with E-state index < -0.39 is 0 Å². The molecule has 2 amide bonds. The molecule has 0 spiro atoms. The third-order valence-electron chi connectivity index (χ3n) is 2.51. The standard InChI is InChI=1S/C14H12Cl2N2O/c1-9-5-7-10(8-6-9)17-14(19)18-13-11(15)3-2-4-12(13)16/h2-8H,1H3,(H2,17,18,19). The minimum absolute atomic E-state index is 0.390. The second kappa shape index (κ2) is 5.95. The summed E-state index contributed by atoms with van der Waals surface area (Å²) in [4.78, 5) is 11.8. The van der Waals surface area contributed by atoms with Gasteiger partial charge in [0, 0.05) is 5.69 Å². The molecule has 0 saturated heterocycles. The van der Waals surface area contributed by atoms with E-state index in [0.717, 1.165) is 5.56 Å². The molecule has 0 fully saturated rings. The van der Waals surface area contributed by atoms with Crippen LogP contribution in [-0.4, -0.2) is 6.03 Å². The zero-order valence-corrected chi connectivity index (χ0v) is 11.7. The summed E-state index contributed by atoms with van der Waals surface area (Å²) in [5.41, 5.74) is 2.22. The van der Waals surface area contributed by atoms with Gasteiger partial charge in [-0.2, -0.15) is 0 Å². The summed E-state index contributed by atoms with van der Waals surface area (Å²) >= 11 is 11.9. The van der Waals surface area contributed by atoms with Crippen LogP contribution in [0.2, 0.25) is 10.0 Å². The predicted octanol–water partition coefficient (Wildman–Crippen LogP) is 4.95. The molecule has 0 saturated carbocycles. The largest absolute Gasteiger partial charge is 0.323 e. The van der Waals surface area contributed by atoms with E-state index in [2.05, 4.69) is 10.6 Å². The maximum absolute atomic E-state index is 11.8. The first-order valence-electron chi connectivity index (χ1n) is 5.65. The molecule has 0 atom stereocenters. The van der Waals surface area contributed by atoms with Crippen LogP contribution < -0.4 is 10.6 Å².